The summed E-state index contributed by atoms with van der Waals surface area (Å²) in [6.07, 6.45) is -4.62. The average Bonchev–Trinajstić information content (AvgIpc) is 2.46. The summed E-state index contributed by atoms with van der Waals surface area (Å²) in [5, 5.41) is 0. The van der Waals surface area contributed by atoms with Gasteiger partial charge in [-0.25, -0.2) is 22.0 Å². The molecule has 1 nitrogen and oxygen atoms in total. The molecule has 1 aromatic carbocycles. The number of nitrogens with zero attached hydrogens (tertiary/aromatic N) is 1. The fourth-order valence-corrected chi connectivity index (χ4v) is 2.09. The lowest BCUT2D eigenvalue weighted by molar-refractivity contribution is 0.145. The van der Waals surface area contributed by atoms with Gasteiger partial charge >= 0.3 is 0 Å². The first-order valence-electron chi connectivity index (χ1n) is 5.85. The standard InChI is InChI=1S/C14H9ClF5N/c15-5-8-3-9(6-21-12(8)14(19)20)7-1-2-11(16)10(4-7)13(17)18/h1-4,6,13-14H,5H2. The van der Waals surface area contributed by atoms with Crippen LogP contribution in [0.1, 0.15) is 29.7 Å². The van der Waals surface area contributed by atoms with Crippen LogP contribution in [-0.2, 0) is 5.88 Å². The molecule has 0 saturated carbocycles. The van der Waals surface area contributed by atoms with Gasteiger partial charge in [0, 0.05) is 17.6 Å². The summed E-state index contributed by atoms with van der Waals surface area (Å²) in [6.45, 7) is 0. The van der Waals surface area contributed by atoms with Crippen LogP contribution in [0.2, 0.25) is 0 Å². The van der Waals surface area contributed by atoms with Crippen molar-refractivity contribution in [2.75, 3.05) is 0 Å². The molecule has 0 N–H and O–H groups in total. The molecule has 2 aromatic rings. The van der Waals surface area contributed by atoms with Crippen molar-refractivity contribution in [1.29, 1.82) is 0 Å². The highest BCUT2D eigenvalue weighted by molar-refractivity contribution is 6.17. The molecule has 2 rings (SSSR count). The Morgan fingerprint density at radius 3 is 2.29 bits per heavy atom. The first kappa shape index (κ1) is 15.7. The van der Waals surface area contributed by atoms with Gasteiger partial charge in [-0.15, -0.1) is 11.6 Å². The number of benzene rings is 1. The maximum absolute atomic E-state index is 13.2. The van der Waals surface area contributed by atoms with E-state index in [1.54, 1.807) is 0 Å². The molecule has 0 unspecified atom stereocenters. The third-order valence-corrected chi connectivity index (χ3v) is 3.20. The fourth-order valence-electron chi connectivity index (χ4n) is 1.87. The Bertz CT molecular complexity index is 645. The molecule has 112 valence electrons. The van der Waals surface area contributed by atoms with Crippen molar-refractivity contribution in [2.24, 2.45) is 0 Å². The van der Waals surface area contributed by atoms with Crippen LogP contribution < -0.4 is 0 Å². The third kappa shape index (κ3) is 3.32. The normalized spacial score (nSPS) is 11.4. The summed E-state index contributed by atoms with van der Waals surface area (Å²) in [6, 6.07) is 4.48. The molecule has 0 spiro atoms. The van der Waals surface area contributed by atoms with Gasteiger partial charge in [0.15, 0.2) is 0 Å². The highest BCUT2D eigenvalue weighted by atomic mass is 35.5. The van der Waals surface area contributed by atoms with Crippen LogP contribution in [0.15, 0.2) is 30.5 Å². The summed E-state index contributed by atoms with van der Waals surface area (Å²) in [4.78, 5) is 3.61. The number of rotatable bonds is 4. The monoisotopic (exact) mass is 321 g/mol. The van der Waals surface area contributed by atoms with Crippen LogP contribution in [0.25, 0.3) is 11.1 Å². The minimum Gasteiger partial charge on any atom is -0.254 e. The van der Waals surface area contributed by atoms with E-state index >= 15 is 0 Å². The molecule has 1 aromatic heterocycles. The van der Waals surface area contributed by atoms with E-state index in [2.05, 4.69) is 4.98 Å². The smallest absolute Gasteiger partial charge is 0.254 e. The Kier molecular flexibility index (Phi) is 4.77. The van der Waals surface area contributed by atoms with E-state index in [0.717, 1.165) is 18.3 Å². The van der Waals surface area contributed by atoms with Crippen LogP contribution in [0, 0.1) is 5.82 Å². The lowest BCUT2D eigenvalue weighted by Gasteiger charge is -2.10. The maximum Gasteiger partial charge on any atom is 0.280 e. The second kappa shape index (κ2) is 6.39. The van der Waals surface area contributed by atoms with Crippen LogP contribution in [0.3, 0.4) is 0 Å². The van der Waals surface area contributed by atoms with E-state index in [-0.39, 0.29) is 17.0 Å². The number of halogens is 6. The molecule has 0 aliphatic rings. The zero-order valence-electron chi connectivity index (χ0n) is 10.5. The van der Waals surface area contributed by atoms with E-state index in [4.69, 9.17) is 11.6 Å². The fraction of sp³-hybridized carbons (Fsp3) is 0.214. The second-order valence-electron chi connectivity index (χ2n) is 4.24. The van der Waals surface area contributed by atoms with Crippen molar-refractivity contribution in [3.05, 3.63) is 53.1 Å². The molecule has 0 amide bonds. The van der Waals surface area contributed by atoms with Crippen LogP contribution in [-0.4, -0.2) is 4.98 Å². The summed E-state index contributed by atoms with van der Waals surface area (Å²) >= 11 is 5.59. The average molecular weight is 322 g/mol. The SMILES string of the molecule is Fc1ccc(-c2cnc(C(F)F)c(CCl)c2)cc1C(F)F. The molecule has 1 heterocycles. The number of hydrogen-bond donors (Lipinski definition) is 0. The molecule has 0 fully saturated rings. The van der Waals surface area contributed by atoms with Gasteiger partial charge in [-0.3, -0.25) is 4.98 Å². The Morgan fingerprint density at radius 2 is 1.71 bits per heavy atom. The van der Waals surface area contributed by atoms with Crippen molar-refractivity contribution in [3.8, 4) is 11.1 Å². The minimum absolute atomic E-state index is 0.104. The van der Waals surface area contributed by atoms with Crippen molar-refractivity contribution in [3.63, 3.8) is 0 Å². The lowest BCUT2D eigenvalue weighted by atomic mass is 10.0. The van der Waals surface area contributed by atoms with Gasteiger partial charge in [0.1, 0.15) is 11.5 Å². The minimum atomic E-state index is -2.97. The van der Waals surface area contributed by atoms with E-state index in [9.17, 15) is 22.0 Å². The molecular formula is C14H9ClF5N. The van der Waals surface area contributed by atoms with E-state index in [1.807, 2.05) is 0 Å². The van der Waals surface area contributed by atoms with Crippen molar-refractivity contribution in [1.82, 2.24) is 4.98 Å². The molecule has 0 aliphatic heterocycles. The molecule has 0 aliphatic carbocycles. The predicted octanol–water partition coefficient (Wildman–Crippen LogP) is 5.50. The molecule has 0 atom stereocenters. The molecule has 0 bridgehead atoms. The van der Waals surface area contributed by atoms with Gasteiger partial charge in [-0.05, 0) is 29.3 Å². The number of alkyl halides is 5. The second-order valence-corrected chi connectivity index (χ2v) is 4.51. The highest BCUT2D eigenvalue weighted by Crippen LogP contribution is 2.30. The molecule has 21 heavy (non-hydrogen) atoms. The zero-order chi connectivity index (χ0) is 15.6. The highest BCUT2D eigenvalue weighted by Gasteiger charge is 2.17. The van der Waals surface area contributed by atoms with Gasteiger partial charge < -0.3 is 0 Å². The van der Waals surface area contributed by atoms with Gasteiger partial charge in [-0.1, -0.05) is 6.07 Å². The maximum atomic E-state index is 13.2. The molecule has 7 heteroatoms. The summed E-state index contributed by atoms with van der Waals surface area (Å²) in [5.74, 6) is -1.22. The third-order valence-electron chi connectivity index (χ3n) is 2.92. The van der Waals surface area contributed by atoms with Crippen molar-refractivity contribution >= 4 is 11.6 Å². The first-order chi connectivity index (χ1) is 9.93. The van der Waals surface area contributed by atoms with Crippen molar-refractivity contribution in [2.45, 2.75) is 18.7 Å². The quantitative estimate of drug-likeness (QED) is 0.535. The largest absolute Gasteiger partial charge is 0.280 e. The van der Waals surface area contributed by atoms with E-state index < -0.39 is 29.9 Å². The summed E-state index contributed by atoms with van der Waals surface area (Å²) < 4.78 is 64.0. The van der Waals surface area contributed by atoms with Crippen LogP contribution >= 0.6 is 11.6 Å². The predicted molar refractivity (Wildman–Crippen MR) is 69.1 cm³/mol. The Morgan fingerprint density at radius 1 is 1.00 bits per heavy atom. The summed E-state index contributed by atoms with van der Waals surface area (Å²) in [5.41, 5.74) is -0.529. The summed E-state index contributed by atoms with van der Waals surface area (Å²) in [7, 11) is 0. The number of aromatic nitrogens is 1. The number of hydrogen-bond acceptors (Lipinski definition) is 1. The Labute approximate surface area is 122 Å². The Hall–Kier alpha value is -1.69. The van der Waals surface area contributed by atoms with Gasteiger partial charge in [0.2, 0.25) is 0 Å². The Balaban J connectivity index is 2.50. The van der Waals surface area contributed by atoms with Gasteiger partial charge in [0.25, 0.3) is 12.9 Å². The van der Waals surface area contributed by atoms with E-state index in [1.165, 1.54) is 12.1 Å². The first-order valence-corrected chi connectivity index (χ1v) is 6.38. The van der Waals surface area contributed by atoms with Crippen LogP contribution in [0.4, 0.5) is 22.0 Å². The molecule has 0 radical (unpaired) electrons. The van der Waals surface area contributed by atoms with Gasteiger partial charge in [-0.2, -0.15) is 0 Å². The van der Waals surface area contributed by atoms with Crippen LogP contribution in [0.5, 0.6) is 0 Å². The van der Waals surface area contributed by atoms with Crippen molar-refractivity contribution < 1.29 is 22.0 Å². The molecule has 0 saturated heterocycles. The number of pyridine rings is 1. The lowest BCUT2D eigenvalue weighted by Crippen LogP contribution is -1.98. The zero-order valence-corrected chi connectivity index (χ0v) is 11.2. The topological polar surface area (TPSA) is 12.9 Å². The van der Waals surface area contributed by atoms with E-state index in [0.29, 0.717) is 5.56 Å². The van der Waals surface area contributed by atoms with Gasteiger partial charge in [0.05, 0.1) is 5.56 Å². The molecular weight excluding hydrogens is 313 g/mol.